The molecule has 0 fully saturated rings. The molecule has 10 heteroatoms. The first-order valence-electron chi connectivity index (χ1n) is 13.3. The summed E-state index contributed by atoms with van der Waals surface area (Å²) in [4.78, 5) is 21.8. The molecule has 1 aliphatic rings. The predicted octanol–water partition coefficient (Wildman–Crippen LogP) is 6.10. The van der Waals surface area contributed by atoms with Gasteiger partial charge in [0, 0.05) is 41.5 Å². The Morgan fingerprint density at radius 2 is 1.90 bits per heavy atom. The van der Waals surface area contributed by atoms with Crippen LogP contribution in [-0.4, -0.2) is 42.2 Å². The molecule has 4 rings (SSSR count). The van der Waals surface area contributed by atoms with Crippen LogP contribution in [0, 0.1) is 0 Å². The van der Waals surface area contributed by atoms with Crippen molar-refractivity contribution in [3.63, 3.8) is 0 Å². The average Bonchev–Trinajstić information content (AvgIpc) is 3.38. The number of carbonyl (C=O) groups excluding carboxylic acids is 1. The second-order valence-corrected chi connectivity index (χ2v) is 9.87. The highest BCUT2D eigenvalue weighted by molar-refractivity contribution is 6.31. The molecule has 3 aromatic carbocycles. The molecule has 0 bridgehead atoms. The summed E-state index contributed by atoms with van der Waals surface area (Å²) in [6.07, 6.45) is 2.14. The van der Waals surface area contributed by atoms with E-state index in [1.54, 1.807) is 18.2 Å². The fourth-order valence-corrected chi connectivity index (χ4v) is 4.95. The standard InChI is InChI=1S/C31H32ClN5O4/c1-2-17-31(30(39)34-18-16-22-8-4-6-11-27(22)32)28(26-10-5-3-9-24(26)21-35-37-33)41-29(36-31)23-12-14-25(15-13-23)40-20-7-19-38/h2-6,8-15,28,38H,1,7,16-21H2,(H,34,39)/t28-,31-/m1/s1. The minimum absolute atomic E-state index is 0.0527. The quantitative estimate of drug-likeness (QED) is 0.0793. The second-order valence-electron chi connectivity index (χ2n) is 9.47. The largest absolute Gasteiger partial charge is 0.494 e. The summed E-state index contributed by atoms with van der Waals surface area (Å²) < 4.78 is 12.1. The average molecular weight is 574 g/mol. The van der Waals surface area contributed by atoms with E-state index in [2.05, 4.69) is 21.9 Å². The van der Waals surface area contributed by atoms with Crippen molar-refractivity contribution in [1.82, 2.24) is 5.32 Å². The summed E-state index contributed by atoms with van der Waals surface area (Å²) in [5, 5.41) is 16.4. The number of hydrogen-bond acceptors (Lipinski definition) is 6. The first-order chi connectivity index (χ1) is 20.0. The third-order valence-electron chi connectivity index (χ3n) is 6.77. The van der Waals surface area contributed by atoms with Gasteiger partial charge >= 0.3 is 0 Å². The van der Waals surface area contributed by atoms with Crippen LogP contribution in [-0.2, 0) is 22.5 Å². The topological polar surface area (TPSA) is 129 Å². The lowest BCUT2D eigenvalue weighted by atomic mass is 9.82. The highest BCUT2D eigenvalue weighted by Gasteiger charge is 2.52. The van der Waals surface area contributed by atoms with Crippen molar-refractivity contribution in [2.75, 3.05) is 19.8 Å². The van der Waals surface area contributed by atoms with Gasteiger partial charge in [-0.25, -0.2) is 4.99 Å². The van der Waals surface area contributed by atoms with E-state index in [1.807, 2.05) is 60.7 Å². The number of nitrogens with zero attached hydrogens (tertiary/aromatic N) is 4. The SMILES string of the molecule is C=CC[C@@]1(C(=O)NCCc2ccccc2Cl)N=C(c2ccc(OCCCO)cc2)O[C@@H]1c1ccccc1CN=[N+]=[N-]. The van der Waals surface area contributed by atoms with Crippen LogP contribution >= 0.6 is 11.6 Å². The van der Waals surface area contributed by atoms with Crippen molar-refractivity contribution < 1.29 is 19.4 Å². The summed E-state index contributed by atoms with van der Waals surface area (Å²) >= 11 is 6.32. The van der Waals surface area contributed by atoms with Crippen molar-refractivity contribution in [2.24, 2.45) is 10.1 Å². The van der Waals surface area contributed by atoms with E-state index in [9.17, 15) is 4.79 Å². The van der Waals surface area contributed by atoms with Gasteiger partial charge in [0.05, 0.1) is 13.2 Å². The molecule has 0 aliphatic carbocycles. The zero-order valence-corrected chi connectivity index (χ0v) is 23.3. The first-order valence-corrected chi connectivity index (χ1v) is 13.7. The summed E-state index contributed by atoms with van der Waals surface area (Å²) in [5.74, 6) is 0.636. The van der Waals surface area contributed by atoms with Crippen LogP contribution in [0.1, 0.15) is 41.2 Å². The maximum atomic E-state index is 14.0. The van der Waals surface area contributed by atoms with Gasteiger partial charge < -0.3 is 19.9 Å². The van der Waals surface area contributed by atoms with Gasteiger partial charge in [-0.3, -0.25) is 4.79 Å². The van der Waals surface area contributed by atoms with E-state index in [4.69, 9.17) is 36.7 Å². The number of nitrogens with one attached hydrogen (secondary N) is 1. The smallest absolute Gasteiger partial charge is 0.252 e. The highest BCUT2D eigenvalue weighted by Crippen LogP contribution is 2.44. The van der Waals surface area contributed by atoms with Gasteiger partial charge in [-0.2, -0.15) is 0 Å². The number of benzene rings is 3. The molecule has 9 nitrogen and oxygen atoms in total. The number of rotatable bonds is 14. The van der Waals surface area contributed by atoms with Crippen molar-refractivity contribution in [3.05, 3.63) is 123 Å². The molecular weight excluding hydrogens is 542 g/mol. The molecule has 1 heterocycles. The molecule has 41 heavy (non-hydrogen) atoms. The van der Waals surface area contributed by atoms with Crippen LogP contribution in [0.5, 0.6) is 5.75 Å². The van der Waals surface area contributed by atoms with Crippen LogP contribution in [0.2, 0.25) is 5.02 Å². The minimum atomic E-state index is -1.36. The van der Waals surface area contributed by atoms with Crippen LogP contribution < -0.4 is 10.1 Å². The van der Waals surface area contributed by atoms with Crippen LogP contribution in [0.4, 0.5) is 0 Å². The van der Waals surface area contributed by atoms with E-state index in [0.717, 1.165) is 11.1 Å². The van der Waals surface area contributed by atoms with Crippen LogP contribution in [0.3, 0.4) is 0 Å². The Kier molecular flexibility index (Phi) is 10.4. The van der Waals surface area contributed by atoms with Crippen molar-refractivity contribution >= 4 is 23.4 Å². The number of carbonyl (C=O) groups is 1. The third-order valence-corrected chi connectivity index (χ3v) is 7.13. The Morgan fingerprint density at radius 3 is 2.61 bits per heavy atom. The second kappa shape index (κ2) is 14.4. The lowest BCUT2D eigenvalue weighted by Gasteiger charge is -2.30. The maximum Gasteiger partial charge on any atom is 0.252 e. The number of ether oxygens (including phenoxy) is 2. The number of amides is 1. The van der Waals surface area contributed by atoms with Gasteiger partial charge in [0.2, 0.25) is 5.90 Å². The molecule has 0 saturated carbocycles. The van der Waals surface area contributed by atoms with Crippen LogP contribution in [0.25, 0.3) is 10.4 Å². The number of halogens is 1. The number of aliphatic hydroxyl groups excluding tert-OH is 1. The Hall–Kier alpha value is -4.30. The lowest BCUT2D eigenvalue weighted by molar-refractivity contribution is -0.128. The van der Waals surface area contributed by atoms with Gasteiger partial charge in [0.15, 0.2) is 11.6 Å². The van der Waals surface area contributed by atoms with Gasteiger partial charge in [0.25, 0.3) is 5.91 Å². The Morgan fingerprint density at radius 1 is 1.17 bits per heavy atom. The summed E-state index contributed by atoms with van der Waals surface area (Å²) in [6, 6.07) is 22.1. The van der Waals surface area contributed by atoms with E-state index in [1.165, 1.54) is 0 Å². The zero-order chi connectivity index (χ0) is 29.1. The first kappa shape index (κ1) is 29.7. The third kappa shape index (κ3) is 7.08. The summed E-state index contributed by atoms with van der Waals surface area (Å²) in [7, 11) is 0. The van der Waals surface area contributed by atoms with Gasteiger partial charge in [-0.15, -0.1) is 6.58 Å². The van der Waals surface area contributed by atoms with E-state index in [0.29, 0.717) is 53.8 Å². The molecule has 0 saturated heterocycles. The predicted molar refractivity (Wildman–Crippen MR) is 159 cm³/mol. The van der Waals surface area contributed by atoms with E-state index < -0.39 is 11.6 Å². The number of aliphatic hydroxyl groups is 1. The summed E-state index contributed by atoms with van der Waals surface area (Å²) in [5.41, 5.74) is 10.6. The highest BCUT2D eigenvalue weighted by atomic mass is 35.5. The Bertz CT molecular complexity index is 1440. The normalized spacial score (nSPS) is 17.6. The van der Waals surface area contributed by atoms with E-state index in [-0.39, 0.29) is 25.5 Å². The van der Waals surface area contributed by atoms with Gasteiger partial charge in [-0.05, 0) is 59.0 Å². The minimum Gasteiger partial charge on any atom is -0.494 e. The van der Waals surface area contributed by atoms with Crippen molar-refractivity contribution in [3.8, 4) is 5.75 Å². The molecule has 3 aromatic rings. The van der Waals surface area contributed by atoms with Crippen LogP contribution in [0.15, 0.2) is 95.6 Å². The zero-order valence-electron chi connectivity index (χ0n) is 22.6. The molecule has 0 spiro atoms. The number of aliphatic imine (C=N–C) groups is 1. The molecular formula is C31H32ClN5O4. The monoisotopic (exact) mass is 573 g/mol. The number of hydrogen-bond donors (Lipinski definition) is 2. The number of azide groups is 1. The molecule has 2 N–H and O–H groups in total. The molecule has 212 valence electrons. The van der Waals surface area contributed by atoms with Gasteiger partial charge in [0.1, 0.15) is 5.75 Å². The molecule has 1 aliphatic heterocycles. The Labute approximate surface area is 244 Å². The molecule has 2 atom stereocenters. The fourth-order valence-electron chi connectivity index (χ4n) is 4.72. The lowest BCUT2D eigenvalue weighted by Crippen LogP contribution is -2.48. The molecule has 0 aromatic heterocycles. The van der Waals surface area contributed by atoms with Crippen molar-refractivity contribution in [2.45, 2.75) is 37.5 Å². The fraction of sp³-hybridized carbons (Fsp3) is 0.290. The molecule has 0 radical (unpaired) electrons. The molecule has 0 unspecified atom stereocenters. The maximum absolute atomic E-state index is 14.0. The summed E-state index contributed by atoms with van der Waals surface area (Å²) in [6.45, 7) is 4.81. The molecule has 1 amide bonds. The van der Waals surface area contributed by atoms with Gasteiger partial charge in [-0.1, -0.05) is 65.3 Å². The van der Waals surface area contributed by atoms with Crippen molar-refractivity contribution in [1.29, 1.82) is 0 Å². The van der Waals surface area contributed by atoms with E-state index >= 15 is 0 Å². The Balaban J connectivity index is 1.68.